The minimum Gasteiger partial charge on any atom is -0.496 e. The Balaban J connectivity index is 2.14. The average Bonchev–Trinajstić information content (AvgIpc) is 2.74. The lowest BCUT2D eigenvalue weighted by Crippen LogP contribution is -2.51. The third kappa shape index (κ3) is 3.33. The van der Waals surface area contributed by atoms with Gasteiger partial charge in [-0.05, 0) is 26.0 Å². The molecule has 1 saturated carbocycles. The summed E-state index contributed by atoms with van der Waals surface area (Å²) in [5, 5.41) is 0. The fourth-order valence-corrected chi connectivity index (χ4v) is 3.39. The van der Waals surface area contributed by atoms with Crippen molar-refractivity contribution in [3.8, 4) is 5.75 Å². The van der Waals surface area contributed by atoms with Crippen molar-refractivity contribution < 1.29 is 4.74 Å². The van der Waals surface area contributed by atoms with E-state index in [4.69, 9.17) is 10.5 Å². The first-order valence-electron chi connectivity index (χ1n) is 7.75. The van der Waals surface area contributed by atoms with Crippen LogP contribution in [-0.2, 0) is 6.54 Å². The van der Waals surface area contributed by atoms with Gasteiger partial charge in [0.25, 0.3) is 0 Å². The molecule has 3 heteroatoms. The quantitative estimate of drug-likeness (QED) is 0.839. The summed E-state index contributed by atoms with van der Waals surface area (Å²) in [4.78, 5) is 2.45. The number of hydrogen-bond acceptors (Lipinski definition) is 3. The Morgan fingerprint density at radius 3 is 2.40 bits per heavy atom. The third-order valence-corrected chi connectivity index (χ3v) is 4.82. The molecule has 1 aliphatic carbocycles. The number of hydrogen-bond donors (Lipinski definition) is 1. The normalized spacial score (nSPS) is 18.8. The van der Waals surface area contributed by atoms with Crippen LogP contribution in [0.15, 0.2) is 24.3 Å². The zero-order valence-electron chi connectivity index (χ0n) is 12.9. The van der Waals surface area contributed by atoms with Crippen molar-refractivity contribution in [3.63, 3.8) is 0 Å². The zero-order valence-corrected chi connectivity index (χ0v) is 12.9. The van der Waals surface area contributed by atoms with Gasteiger partial charge < -0.3 is 10.5 Å². The molecule has 20 heavy (non-hydrogen) atoms. The predicted molar refractivity (Wildman–Crippen MR) is 83.9 cm³/mol. The minimum absolute atomic E-state index is 0.164. The molecule has 0 unspecified atom stereocenters. The van der Waals surface area contributed by atoms with Crippen LogP contribution in [0, 0.1) is 0 Å². The summed E-state index contributed by atoms with van der Waals surface area (Å²) in [6.07, 6.45) is 7.74. The van der Waals surface area contributed by atoms with Gasteiger partial charge >= 0.3 is 0 Å². The molecule has 0 bridgehead atoms. The summed E-state index contributed by atoms with van der Waals surface area (Å²) < 4.78 is 5.47. The Morgan fingerprint density at radius 2 is 1.80 bits per heavy atom. The molecule has 1 aromatic rings. The molecule has 0 atom stereocenters. The van der Waals surface area contributed by atoms with Gasteiger partial charge in [-0.1, -0.05) is 43.9 Å². The summed E-state index contributed by atoms with van der Waals surface area (Å²) in [5.41, 5.74) is 7.57. The first-order chi connectivity index (χ1) is 9.72. The number of para-hydroxylation sites is 1. The first kappa shape index (κ1) is 15.3. The predicted octanol–water partition coefficient (Wildman–Crippen LogP) is 3.18. The monoisotopic (exact) mass is 276 g/mol. The zero-order chi connectivity index (χ0) is 14.4. The van der Waals surface area contributed by atoms with E-state index in [1.54, 1.807) is 7.11 Å². The van der Waals surface area contributed by atoms with Crippen LogP contribution in [0.3, 0.4) is 0 Å². The third-order valence-electron chi connectivity index (χ3n) is 4.82. The fraction of sp³-hybridized carbons (Fsp3) is 0.647. The van der Waals surface area contributed by atoms with Crippen molar-refractivity contribution in [2.45, 2.75) is 50.6 Å². The van der Waals surface area contributed by atoms with E-state index in [0.29, 0.717) is 0 Å². The van der Waals surface area contributed by atoms with Crippen LogP contribution in [0.25, 0.3) is 0 Å². The highest BCUT2D eigenvalue weighted by molar-refractivity contribution is 5.33. The van der Waals surface area contributed by atoms with Crippen molar-refractivity contribution in [3.05, 3.63) is 29.8 Å². The highest BCUT2D eigenvalue weighted by Gasteiger charge is 2.33. The lowest BCUT2D eigenvalue weighted by atomic mass is 9.88. The van der Waals surface area contributed by atoms with Crippen LogP contribution >= 0.6 is 0 Å². The molecule has 1 fully saturated rings. The molecular weight excluding hydrogens is 248 g/mol. The smallest absolute Gasteiger partial charge is 0.123 e. The van der Waals surface area contributed by atoms with Gasteiger partial charge in [-0.3, -0.25) is 4.90 Å². The number of nitrogens with two attached hydrogens (primary N) is 1. The second-order valence-electron chi connectivity index (χ2n) is 6.01. The minimum atomic E-state index is 0.164. The Hall–Kier alpha value is -1.06. The molecule has 2 N–H and O–H groups in total. The molecule has 0 heterocycles. The van der Waals surface area contributed by atoms with E-state index < -0.39 is 0 Å². The highest BCUT2D eigenvalue weighted by atomic mass is 16.5. The van der Waals surface area contributed by atoms with Gasteiger partial charge in [0.05, 0.1) is 7.11 Å². The van der Waals surface area contributed by atoms with Crippen LogP contribution in [-0.4, -0.2) is 31.1 Å². The second kappa shape index (κ2) is 7.09. The number of rotatable bonds is 5. The summed E-state index contributed by atoms with van der Waals surface area (Å²) in [7, 11) is 3.95. The molecule has 0 aromatic heterocycles. The van der Waals surface area contributed by atoms with Crippen LogP contribution in [0.4, 0.5) is 0 Å². The molecular formula is C17H28N2O. The Bertz CT molecular complexity index is 411. The lowest BCUT2D eigenvalue weighted by Gasteiger charge is -2.41. The molecule has 0 radical (unpaired) electrons. The maximum Gasteiger partial charge on any atom is 0.123 e. The number of benzene rings is 1. The largest absolute Gasteiger partial charge is 0.496 e. The van der Waals surface area contributed by atoms with E-state index in [2.05, 4.69) is 24.1 Å². The number of likely N-dealkylation sites (N-methyl/N-ethyl adjacent to an activating group) is 1. The van der Waals surface area contributed by atoms with Crippen LogP contribution in [0.2, 0.25) is 0 Å². The van der Waals surface area contributed by atoms with Crippen LogP contribution in [0.1, 0.15) is 44.1 Å². The molecule has 112 valence electrons. The van der Waals surface area contributed by atoms with Crippen LogP contribution < -0.4 is 10.5 Å². The van der Waals surface area contributed by atoms with Crippen LogP contribution in [0.5, 0.6) is 5.75 Å². The summed E-state index contributed by atoms with van der Waals surface area (Å²) in [6.45, 7) is 1.65. The van der Waals surface area contributed by atoms with Gasteiger partial charge in [-0.25, -0.2) is 0 Å². The van der Waals surface area contributed by atoms with E-state index >= 15 is 0 Å². The molecule has 3 nitrogen and oxygen atoms in total. The standard InChI is InChI=1S/C17H28N2O/c1-19(13-15-9-5-6-10-16(15)20-2)17(14-18)11-7-3-4-8-12-17/h5-6,9-10H,3-4,7-8,11-14,18H2,1-2H3. The van der Waals surface area contributed by atoms with E-state index in [1.807, 2.05) is 12.1 Å². The average molecular weight is 276 g/mol. The SMILES string of the molecule is COc1ccccc1CN(C)C1(CN)CCCCCC1. The Kier molecular flexibility index (Phi) is 5.44. The van der Waals surface area contributed by atoms with Gasteiger partial charge in [0.1, 0.15) is 5.75 Å². The molecule has 0 spiro atoms. The molecule has 0 saturated heterocycles. The maximum absolute atomic E-state index is 6.16. The summed E-state index contributed by atoms with van der Waals surface area (Å²) in [6, 6.07) is 8.28. The molecule has 2 rings (SSSR count). The highest BCUT2D eigenvalue weighted by Crippen LogP contribution is 2.33. The van der Waals surface area contributed by atoms with Gasteiger partial charge in [0.15, 0.2) is 0 Å². The molecule has 0 amide bonds. The molecule has 1 aliphatic rings. The Labute approximate surface area is 123 Å². The lowest BCUT2D eigenvalue weighted by molar-refractivity contribution is 0.0988. The van der Waals surface area contributed by atoms with Crippen molar-refractivity contribution in [1.29, 1.82) is 0 Å². The van der Waals surface area contributed by atoms with E-state index in [1.165, 1.54) is 44.1 Å². The topological polar surface area (TPSA) is 38.5 Å². The van der Waals surface area contributed by atoms with E-state index in [0.717, 1.165) is 18.8 Å². The second-order valence-corrected chi connectivity index (χ2v) is 6.01. The molecule has 0 aliphatic heterocycles. The van der Waals surface area contributed by atoms with Gasteiger partial charge in [-0.2, -0.15) is 0 Å². The fourth-order valence-electron chi connectivity index (χ4n) is 3.39. The number of methoxy groups -OCH3 is 1. The number of ether oxygens (including phenoxy) is 1. The van der Waals surface area contributed by atoms with Crippen molar-refractivity contribution >= 4 is 0 Å². The van der Waals surface area contributed by atoms with Crippen molar-refractivity contribution in [1.82, 2.24) is 4.90 Å². The van der Waals surface area contributed by atoms with Gasteiger partial charge in [-0.15, -0.1) is 0 Å². The van der Waals surface area contributed by atoms with E-state index in [9.17, 15) is 0 Å². The number of nitrogens with zero attached hydrogens (tertiary/aromatic N) is 1. The maximum atomic E-state index is 6.16. The van der Waals surface area contributed by atoms with Gasteiger partial charge in [0.2, 0.25) is 0 Å². The Morgan fingerprint density at radius 1 is 1.15 bits per heavy atom. The molecule has 1 aromatic carbocycles. The van der Waals surface area contributed by atoms with Gasteiger partial charge in [0, 0.05) is 24.2 Å². The van der Waals surface area contributed by atoms with Crippen molar-refractivity contribution in [2.75, 3.05) is 20.7 Å². The van der Waals surface area contributed by atoms with Crippen molar-refractivity contribution in [2.24, 2.45) is 5.73 Å². The first-order valence-corrected chi connectivity index (χ1v) is 7.75. The summed E-state index contributed by atoms with van der Waals surface area (Å²) in [5.74, 6) is 0.972. The van der Waals surface area contributed by atoms with E-state index in [-0.39, 0.29) is 5.54 Å². The summed E-state index contributed by atoms with van der Waals surface area (Å²) >= 11 is 0.